The van der Waals surface area contributed by atoms with Gasteiger partial charge in [-0.3, -0.25) is 9.78 Å². The van der Waals surface area contributed by atoms with Gasteiger partial charge in [0, 0.05) is 19.3 Å². The van der Waals surface area contributed by atoms with E-state index in [0.29, 0.717) is 10.2 Å². The van der Waals surface area contributed by atoms with E-state index >= 15 is 0 Å². The molecule has 12 heteroatoms. The number of nitrogens with zero attached hydrogens (tertiary/aromatic N) is 3. The minimum Gasteiger partial charge on any atom is -0.304 e. The largest absolute Gasteiger partial charge is 0.391 e. The van der Waals surface area contributed by atoms with Crippen molar-refractivity contribution in [3.05, 3.63) is 40.1 Å². The fourth-order valence-electron chi connectivity index (χ4n) is 3.27. The number of aromatic nitrogens is 3. The zero-order valence-corrected chi connectivity index (χ0v) is 16.4. The third-order valence-electron chi connectivity index (χ3n) is 4.84. The average molecular weight is 444 g/mol. The monoisotopic (exact) mass is 444 g/mol. The Morgan fingerprint density at radius 2 is 1.93 bits per heavy atom. The molecule has 3 aromatic rings. The van der Waals surface area contributed by atoms with Crippen LogP contribution in [0.5, 0.6) is 0 Å². The molecule has 0 amide bonds. The number of pyridine rings is 1. The van der Waals surface area contributed by atoms with Crippen LogP contribution in [0, 0.1) is 5.92 Å². The van der Waals surface area contributed by atoms with Gasteiger partial charge < -0.3 is 4.98 Å². The number of H-pyrrole nitrogens is 1. The third kappa shape index (κ3) is 3.79. The highest BCUT2D eigenvalue weighted by Gasteiger charge is 2.43. The Labute approximate surface area is 167 Å². The summed E-state index contributed by atoms with van der Waals surface area (Å²) in [5, 5.41) is 1.72. The molecule has 0 aliphatic carbocycles. The third-order valence-corrected chi connectivity index (χ3v) is 7.64. The maximum absolute atomic E-state index is 12.9. The number of alkyl halides is 3. The Bertz CT molecular complexity index is 1210. The maximum atomic E-state index is 12.9. The van der Waals surface area contributed by atoms with Crippen LogP contribution >= 0.6 is 11.3 Å². The summed E-state index contributed by atoms with van der Waals surface area (Å²) in [4.78, 5) is 23.0. The number of piperidine rings is 1. The molecule has 3 aromatic heterocycles. The number of fused-ring (bicyclic) bond motifs is 1. The van der Waals surface area contributed by atoms with Gasteiger partial charge in [-0.2, -0.15) is 17.5 Å². The van der Waals surface area contributed by atoms with E-state index < -0.39 is 22.1 Å². The molecule has 29 heavy (non-hydrogen) atoms. The average Bonchev–Trinajstić information content (AvgIpc) is 3.17. The molecule has 0 unspecified atom stereocenters. The lowest BCUT2D eigenvalue weighted by Gasteiger charge is -2.32. The minimum atomic E-state index is -4.32. The normalized spacial score (nSPS) is 17.1. The Hall–Kier alpha value is -2.31. The fraction of sp³-hybridized carbons (Fsp3) is 0.353. The van der Waals surface area contributed by atoms with Crippen molar-refractivity contribution in [2.45, 2.75) is 23.9 Å². The van der Waals surface area contributed by atoms with Gasteiger partial charge in [0.2, 0.25) is 10.0 Å². The molecular weight excluding hydrogens is 429 g/mol. The fourth-order valence-corrected chi connectivity index (χ4v) is 5.48. The number of hydrogen-bond acceptors (Lipinski definition) is 6. The molecule has 1 fully saturated rings. The topological polar surface area (TPSA) is 96.0 Å². The molecule has 1 aliphatic heterocycles. The van der Waals surface area contributed by atoms with Crippen molar-refractivity contribution >= 4 is 31.6 Å². The maximum Gasteiger partial charge on any atom is 0.391 e. The van der Waals surface area contributed by atoms with E-state index in [1.165, 1.54) is 29.7 Å². The molecule has 0 bridgehead atoms. The molecule has 0 atom stereocenters. The van der Waals surface area contributed by atoms with Crippen molar-refractivity contribution in [1.82, 2.24) is 19.3 Å². The number of nitrogens with one attached hydrogen (secondary N) is 1. The smallest absolute Gasteiger partial charge is 0.304 e. The number of sulfonamides is 1. The number of thiophene rings is 1. The predicted molar refractivity (Wildman–Crippen MR) is 101 cm³/mol. The van der Waals surface area contributed by atoms with Gasteiger partial charge in [-0.15, -0.1) is 11.3 Å². The van der Waals surface area contributed by atoms with Crippen molar-refractivity contribution in [3.63, 3.8) is 0 Å². The van der Waals surface area contributed by atoms with Crippen LogP contribution in [-0.2, 0) is 10.0 Å². The second-order valence-corrected chi connectivity index (χ2v) is 9.50. The number of halogens is 3. The molecule has 1 saturated heterocycles. The molecule has 1 aliphatic rings. The van der Waals surface area contributed by atoms with Crippen molar-refractivity contribution < 1.29 is 21.6 Å². The predicted octanol–water partition coefficient (Wildman–Crippen LogP) is 3.01. The van der Waals surface area contributed by atoms with Crippen molar-refractivity contribution in [2.24, 2.45) is 5.92 Å². The summed E-state index contributed by atoms with van der Waals surface area (Å²) in [6, 6.07) is 4.21. The first-order chi connectivity index (χ1) is 13.7. The number of rotatable bonds is 3. The summed E-state index contributed by atoms with van der Waals surface area (Å²) >= 11 is 1.24. The van der Waals surface area contributed by atoms with E-state index in [1.54, 1.807) is 11.4 Å². The van der Waals surface area contributed by atoms with E-state index in [9.17, 15) is 26.4 Å². The number of hydrogen-bond donors (Lipinski definition) is 1. The van der Waals surface area contributed by atoms with Crippen LogP contribution in [-0.4, -0.2) is 46.9 Å². The Kier molecular flexibility index (Phi) is 4.95. The summed E-state index contributed by atoms with van der Waals surface area (Å²) in [5.41, 5.74) is 0.267. The summed E-state index contributed by atoms with van der Waals surface area (Å²) in [5.74, 6) is -1.37. The van der Waals surface area contributed by atoms with Crippen molar-refractivity contribution in [2.75, 3.05) is 13.1 Å². The van der Waals surface area contributed by atoms with E-state index in [0.717, 1.165) is 4.31 Å². The Morgan fingerprint density at radius 3 is 2.62 bits per heavy atom. The number of aromatic amines is 1. The van der Waals surface area contributed by atoms with Crippen molar-refractivity contribution in [1.29, 1.82) is 0 Å². The zero-order chi connectivity index (χ0) is 20.8. The van der Waals surface area contributed by atoms with E-state index in [-0.39, 0.29) is 47.9 Å². The van der Waals surface area contributed by atoms with Crippen LogP contribution in [0.4, 0.5) is 13.2 Å². The quantitative estimate of drug-likeness (QED) is 0.670. The van der Waals surface area contributed by atoms with Gasteiger partial charge in [-0.25, -0.2) is 13.4 Å². The molecule has 4 heterocycles. The van der Waals surface area contributed by atoms with Gasteiger partial charge in [0.1, 0.15) is 10.4 Å². The standard InChI is InChI=1S/C17H15F3N4O3S2/c18-17(19,20)10-2-6-24(7-3-10)29(26,27)11-1-5-21-13(9-11)15-22-12-4-8-28-14(12)16(25)23-15/h1,4-5,8-10H,2-3,6-7H2,(H,22,23,25). The molecule has 4 rings (SSSR count). The lowest BCUT2D eigenvalue weighted by atomic mass is 9.98. The first-order valence-electron chi connectivity index (χ1n) is 8.67. The molecule has 0 radical (unpaired) electrons. The summed E-state index contributed by atoms with van der Waals surface area (Å²) < 4.78 is 65.8. The SMILES string of the molecule is O=c1[nH]c(-c2cc(S(=O)(=O)N3CCC(C(F)(F)F)CC3)ccn2)nc2ccsc12. The van der Waals surface area contributed by atoms with Gasteiger partial charge in [-0.1, -0.05) is 0 Å². The van der Waals surface area contributed by atoms with Crippen LogP contribution in [0.3, 0.4) is 0 Å². The van der Waals surface area contributed by atoms with E-state index in [1.807, 2.05) is 0 Å². The first-order valence-corrected chi connectivity index (χ1v) is 11.0. The molecule has 0 aromatic carbocycles. The van der Waals surface area contributed by atoms with Gasteiger partial charge in [0.25, 0.3) is 5.56 Å². The molecule has 1 N–H and O–H groups in total. The molecule has 0 spiro atoms. The highest BCUT2D eigenvalue weighted by molar-refractivity contribution is 7.89. The summed E-state index contributed by atoms with van der Waals surface area (Å²) in [6.07, 6.45) is -3.60. The van der Waals surface area contributed by atoms with Crippen LogP contribution in [0.25, 0.3) is 21.7 Å². The van der Waals surface area contributed by atoms with Gasteiger partial charge >= 0.3 is 6.18 Å². The zero-order valence-electron chi connectivity index (χ0n) is 14.8. The summed E-state index contributed by atoms with van der Waals surface area (Å²) in [7, 11) is -3.99. The van der Waals surface area contributed by atoms with Gasteiger partial charge in [0.15, 0.2) is 5.82 Å². The molecule has 154 valence electrons. The first kappa shape index (κ1) is 20.0. The second-order valence-electron chi connectivity index (χ2n) is 6.65. The highest BCUT2D eigenvalue weighted by Crippen LogP contribution is 2.35. The Balaban J connectivity index is 1.63. The van der Waals surface area contributed by atoms with Gasteiger partial charge in [-0.05, 0) is 36.4 Å². The molecular formula is C17H15F3N4O3S2. The van der Waals surface area contributed by atoms with E-state index in [2.05, 4.69) is 15.0 Å². The lowest BCUT2D eigenvalue weighted by molar-refractivity contribution is -0.182. The van der Waals surface area contributed by atoms with Crippen LogP contribution in [0.15, 0.2) is 39.5 Å². The Morgan fingerprint density at radius 1 is 1.21 bits per heavy atom. The van der Waals surface area contributed by atoms with Crippen LogP contribution in [0.2, 0.25) is 0 Å². The van der Waals surface area contributed by atoms with Crippen LogP contribution in [0.1, 0.15) is 12.8 Å². The lowest BCUT2D eigenvalue weighted by Crippen LogP contribution is -2.42. The molecule has 7 nitrogen and oxygen atoms in total. The minimum absolute atomic E-state index is 0.110. The van der Waals surface area contributed by atoms with Crippen LogP contribution < -0.4 is 5.56 Å². The van der Waals surface area contributed by atoms with Crippen molar-refractivity contribution in [3.8, 4) is 11.5 Å². The molecule has 0 saturated carbocycles. The highest BCUT2D eigenvalue weighted by atomic mass is 32.2. The van der Waals surface area contributed by atoms with E-state index in [4.69, 9.17) is 0 Å². The second kappa shape index (κ2) is 7.18. The van der Waals surface area contributed by atoms with Gasteiger partial charge in [0.05, 0.1) is 16.3 Å². The summed E-state index contributed by atoms with van der Waals surface area (Å²) in [6.45, 7) is -0.416.